The molecule has 1 aliphatic rings. The van der Waals surface area contributed by atoms with Crippen LogP contribution in [0.3, 0.4) is 0 Å². The minimum absolute atomic E-state index is 0.125. The number of fused-ring (bicyclic) bond motifs is 2. The molecule has 0 atom stereocenters. The highest BCUT2D eigenvalue weighted by molar-refractivity contribution is 5.98. The van der Waals surface area contributed by atoms with Crippen LogP contribution in [-0.4, -0.2) is 46.6 Å². The Morgan fingerprint density at radius 3 is 2.50 bits per heavy atom. The second-order valence-corrected chi connectivity index (χ2v) is 8.39. The number of ether oxygens (including phenoxy) is 1. The fraction of sp³-hybridized carbons (Fsp3) is 0.292. The van der Waals surface area contributed by atoms with Crippen LogP contribution < -0.4 is 20.1 Å². The van der Waals surface area contributed by atoms with Gasteiger partial charge in [0.25, 0.3) is 5.56 Å². The van der Waals surface area contributed by atoms with Gasteiger partial charge in [0.2, 0.25) is 0 Å². The molecule has 8 nitrogen and oxygen atoms in total. The second-order valence-electron chi connectivity index (χ2n) is 8.39. The summed E-state index contributed by atoms with van der Waals surface area (Å²) in [7, 11) is 5.33. The number of hydrogen-bond acceptors (Lipinski definition) is 6. The van der Waals surface area contributed by atoms with Crippen molar-refractivity contribution in [2.75, 3.05) is 37.0 Å². The molecular formula is C24H24F2N6O2. The summed E-state index contributed by atoms with van der Waals surface area (Å²) in [4.78, 5) is 21.4. The maximum atomic E-state index is 13.9. The van der Waals surface area contributed by atoms with Crippen LogP contribution >= 0.6 is 0 Å². The summed E-state index contributed by atoms with van der Waals surface area (Å²) in [5.41, 5.74) is 3.82. The number of likely N-dealkylation sites (N-methyl/N-ethyl adjacent to an activating group) is 1. The summed E-state index contributed by atoms with van der Waals surface area (Å²) >= 11 is 0. The quantitative estimate of drug-likeness (QED) is 0.451. The molecule has 0 saturated heterocycles. The van der Waals surface area contributed by atoms with Gasteiger partial charge >= 0.3 is 6.55 Å². The predicted octanol–water partition coefficient (Wildman–Crippen LogP) is 4.10. The van der Waals surface area contributed by atoms with Gasteiger partial charge in [0.1, 0.15) is 5.75 Å². The maximum Gasteiger partial charge on any atom is 0.321 e. The third-order valence-corrected chi connectivity index (χ3v) is 6.23. The molecule has 34 heavy (non-hydrogen) atoms. The van der Waals surface area contributed by atoms with Crippen LogP contribution in [0.4, 0.5) is 25.8 Å². The molecule has 0 radical (unpaired) electrons. The SMILES string of the molecule is COc1cc(N2CCN(C)c3cc(-c4cnn(C)c4)ncc32)c2cc(C)c(=O)n(C(F)F)c2c1. The van der Waals surface area contributed by atoms with Crippen LogP contribution in [0.2, 0.25) is 0 Å². The topological polar surface area (TPSA) is 68.4 Å². The average molecular weight is 466 g/mol. The lowest BCUT2D eigenvalue weighted by Crippen LogP contribution is -2.37. The van der Waals surface area contributed by atoms with E-state index in [1.165, 1.54) is 13.2 Å². The van der Waals surface area contributed by atoms with Gasteiger partial charge in [-0.15, -0.1) is 0 Å². The minimum Gasteiger partial charge on any atom is -0.497 e. The summed E-state index contributed by atoms with van der Waals surface area (Å²) in [6, 6.07) is 6.96. The lowest BCUT2D eigenvalue weighted by Gasteiger charge is -2.37. The Morgan fingerprint density at radius 1 is 1.03 bits per heavy atom. The van der Waals surface area contributed by atoms with Crippen molar-refractivity contribution in [2.45, 2.75) is 13.5 Å². The molecule has 1 aliphatic heterocycles. The Hall–Kier alpha value is -3.95. The molecule has 0 N–H and O–H groups in total. The molecule has 0 bridgehead atoms. The number of rotatable bonds is 4. The summed E-state index contributed by atoms with van der Waals surface area (Å²) in [6.45, 7) is -0.116. The Bertz CT molecular complexity index is 1460. The molecule has 176 valence electrons. The third-order valence-electron chi connectivity index (χ3n) is 6.23. The summed E-state index contributed by atoms with van der Waals surface area (Å²) < 4.78 is 35.5. The third kappa shape index (κ3) is 3.46. The number of aryl methyl sites for hydroxylation is 2. The first-order chi connectivity index (χ1) is 16.3. The first-order valence-electron chi connectivity index (χ1n) is 10.8. The van der Waals surface area contributed by atoms with E-state index in [1.807, 2.05) is 37.3 Å². The maximum absolute atomic E-state index is 13.9. The van der Waals surface area contributed by atoms with Crippen LogP contribution in [0.25, 0.3) is 22.2 Å². The van der Waals surface area contributed by atoms with Crippen molar-refractivity contribution >= 4 is 28.0 Å². The lowest BCUT2D eigenvalue weighted by atomic mass is 10.1. The van der Waals surface area contributed by atoms with Gasteiger partial charge in [-0.25, -0.2) is 4.57 Å². The van der Waals surface area contributed by atoms with Crippen molar-refractivity contribution in [2.24, 2.45) is 7.05 Å². The van der Waals surface area contributed by atoms with Gasteiger partial charge in [-0.05, 0) is 19.1 Å². The molecule has 4 aromatic rings. The summed E-state index contributed by atoms with van der Waals surface area (Å²) in [5.74, 6) is 0.389. The van der Waals surface area contributed by atoms with Crippen LogP contribution in [0, 0.1) is 6.92 Å². The number of benzene rings is 1. The molecule has 0 amide bonds. The molecule has 3 aromatic heterocycles. The smallest absolute Gasteiger partial charge is 0.321 e. The van der Waals surface area contributed by atoms with E-state index in [4.69, 9.17) is 4.74 Å². The molecule has 0 unspecified atom stereocenters. The monoisotopic (exact) mass is 466 g/mol. The Balaban J connectivity index is 1.73. The molecule has 4 heterocycles. The van der Waals surface area contributed by atoms with Gasteiger partial charge in [-0.2, -0.15) is 13.9 Å². The van der Waals surface area contributed by atoms with Gasteiger partial charge in [-0.3, -0.25) is 14.5 Å². The highest BCUT2D eigenvalue weighted by Crippen LogP contribution is 2.42. The number of alkyl halides is 2. The molecule has 5 rings (SSSR count). The number of nitrogens with zero attached hydrogens (tertiary/aromatic N) is 6. The molecule has 0 fully saturated rings. The zero-order valence-electron chi connectivity index (χ0n) is 19.3. The van der Waals surface area contributed by atoms with Crippen LogP contribution in [0.5, 0.6) is 5.75 Å². The van der Waals surface area contributed by atoms with Gasteiger partial charge in [-0.1, -0.05) is 0 Å². The Morgan fingerprint density at radius 2 is 1.82 bits per heavy atom. The van der Waals surface area contributed by atoms with E-state index >= 15 is 0 Å². The van der Waals surface area contributed by atoms with Crippen molar-refractivity contribution in [1.82, 2.24) is 19.3 Å². The first-order valence-corrected chi connectivity index (χ1v) is 10.8. The zero-order chi connectivity index (χ0) is 24.1. The predicted molar refractivity (Wildman–Crippen MR) is 127 cm³/mol. The number of hydrogen-bond donors (Lipinski definition) is 0. The normalized spacial score (nSPS) is 13.6. The minimum atomic E-state index is -2.97. The molecule has 1 aromatic carbocycles. The van der Waals surface area contributed by atoms with E-state index in [9.17, 15) is 13.6 Å². The van der Waals surface area contributed by atoms with Gasteiger partial charge in [0, 0.05) is 62.0 Å². The van der Waals surface area contributed by atoms with E-state index < -0.39 is 12.1 Å². The van der Waals surface area contributed by atoms with Crippen molar-refractivity contribution < 1.29 is 13.5 Å². The summed E-state index contributed by atoms with van der Waals surface area (Å²) in [5, 5.41) is 4.77. The van der Waals surface area contributed by atoms with Gasteiger partial charge in [0.15, 0.2) is 0 Å². The highest BCUT2D eigenvalue weighted by Gasteiger charge is 2.26. The standard InChI is InChI=1S/C24H24F2N6O2/c1-14-7-17-19(8-16(34-4)9-20(17)32(23(14)33)24(25)26)31-6-5-29(2)21-10-18(27-12-22(21)31)15-11-28-30(3)13-15/h7-13,24H,5-6H2,1-4H3. The van der Waals surface area contributed by atoms with Gasteiger partial charge < -0.3 is 14.5 Å². The highest BCUT2D eigenvalue weighted by atomic mass is 19.3. The molecule has 0 spiro atoms. The van der Waals surface area contributed by atoms with E-state index in [0.717, 1.165) is 22.6 Å². The Labute approximate surface area is 194 Å². The molecule has 10 heteroatoms. The van der Waals surface area contributed by atoms with Crippen molar-refractivity contribution in [3.05, 3.63) is 58.8 Å². The fourth-order valence-corrected chi connectivity index (χ4v) is 4.46. The number of aromatic nitrogens is 4. The van der Waals surface area contributed by atoms with E-state index in [0.29, 0.717) is 34.5 Å². The van der Waals surface area contributed by atoms with Crippen molar-refractivity contribution in [3.63, 3.8) is 0 Å². The van der Waals surface area contributed by atoms with E-state index in [-0.39, 0.29) is 11.1 Å². The van der Waals surface area contributed by atoms with Crippen molar-refractivity contribution in [3.8, 4) is 17.0 Å². The zero-order valence-corrected chi connectivity index (χ0v) is 19.3. The van der Waals surface area contributed by atoms with Crippen LogP contribution in [0.15, 0.2) is 47.7 Å². The average Bonchev–Trinajstić information content (AvgIpc) is 3.25. The second kappa shape index (κ2) is 8.12. The lowest BCUT2D eigenvalue weighted by molar-refractivity contribution is 0.0711. The number of pyridine rings is 2. The molecule has 0 aliphatic carbocycles. The molecular weight excluding hydrogens is 442 g/mol. The largest absolute Gasteiger partial charge is 0.497 e. The van der Waals surface area contributed by atoms with E-state index in [2.05, 4.69) is 15.0 Å². The van der Waals surface area contributed by atoms with Crippen LogP contribution in [-0.2, 0) is 7.05 Å². The molecule has 0 saturated carbocycles. The first kappa shape index (κ1) is 21.9. The van der Waals surface area contributed by atoms with Crippen LogP contribution in [0.1, 0.15) is 12.1 Å². The number of halogens is 2. The van der Waals surface area contributed by atoms with E-state index in [1.54, 1.807) is 30.1 Å². The van der Waals surface area contributed by atoms with Crippen molar-refractivity contribution in [1.29, 1.82) is 0 Å². The fourth-order valence-electron chi connectivity index (χ4n) is 4.46. The summed E-state index contributed by atoms with van der Waals surface area (Å²) in [6.07, 6.45) is 5.45. The number of methoxy groups -OCH3 is 1. The van der Waals surface area contributed by atoms with Gasteiger partial charge in [0.05, 0.1) is 47.8 Å². The number of anilines is 3. The Kier molecular flexibility index (Phi) is 5.22.